The SMILES string of the molecule is COc1cc(C#N)ccc1OCCCC(=O)NC1c2ccccc2Oc2ccccc21. The van der Waals surface area contributed by atoms with Crippen LogP contribution in [0.1, 0.15) is 35.6 Å². The van der Waals surface area contributed by atoms with Gasteiger partial charge in [0, 0.05) is 23.6 Å². The maximum atomic E-state index is 12.7. The zero-order valence-electron chi connectivity index (χ0n) is 17.1. The van der Waals surface area contributed by atoms with E-state index in [1.165, 1.54) is 7.11 Å². The van der Waals surface area contributed by atoms with Gasteiger partial charge < -0.3 is 19.5 Å². The molecule has 156 valence electrons. The van der Waals surface area contributed by atoms with E-state index in [0.29, 0.717) is 36.5 Å². The molecule has 0 bridgehead atoms. The molecule has 1 amide bonds. The minimum Gasteiger partial charge on any atom is -0.493 e. The number of fused-ring (bicyclic) bond motifs is 2. The number of ether oxygens (including phenoxy) is 3. The summed E-state index contributed by atoms with van der Waals surface area (Å²) in [5.74, 6) is 2.49. The summed E-state index contributed by atoms with van der Waals surface area (Å²) < 4.78 is 17.0. The quantitative estimate of drug-likeness (QED) is 0.565. The Balaban J connectivity index is 1.37. The zero-order chi connectivity index (χ0) is 21.6. The Bertz CT molecular complexity index is 1090. The van der Waals surface area contributed by atoms with Crippen molar-refractivity contribution >= 4 is 5.91 Å². The van der Waals surface area contributed by atoms with E-state index in [1.54, 1.807) is 18.2 Å². The highest BCUT2D eigenvalue weighted by molar-refractivity contribution is 5.77. The molecular weight excluding hydrogens is 392 g/mol. The molecule has 0 radical (unpaired) electrons. The number of nitrogens with one attached hydrogen (secondary N) is 1. The van der Waals surface area contributed by atoms with Crippen LogP contribution in [-0.2, 0) is 4.79 Å². The second-order valence-corrected chi connectivity index (χ2v) is 7.11. The van der Waals surface area contributed by atoms with Crippen LogP contribution in [0.3, 0.4) is 0 Å². The van der Waals surface area contributed by atoms with Gasteiger partial charge in [-0.3, -0.25) is 4.79 Å². The van der Waals surface area contributed by atoms with Crippen molar-refractivity contribution in [2.75, 3.05) is 13.7 Å². The van der Waals surface area contributed by atoms with Crippen LogP contribution < -0.4 is 19.5 Å². The largest absolute Gasteiger partial charge is 0.493 e. The summed E-state index contributed by atoms with van der Waals surface area (Å²) in [6.07, 6.45) is 0.863. The minimum absolute atomic E-state index is 0.0631. The Morgan fingerprint density at radius 3 is 2.35 bits per heavy atom. The van der Waals surface area contributed by atoms with Gasteiger partial charge in [-0.15, -0.1) is 0 Å². The lowest BCUT2D eigenvalue weighted by Gasteiger charge is -2.28. The summed E-state index contributed by atoms with van der Waals surface area (Å²) in [5.41, 5.74) is 2.38. The maximum absolute atomic E-state index is 12.7. The molecule has 0 aromatic heterocycles. The number of hydrogen-bond donors (Lipinski definition) is 1. The maximum Gasteiger partial charge on any atom is 0.220 e. The molecule has 1 N–H and O–H groups in total. The lowest BCUT2D eigenvalue weighted by molar-refractivity contribution is -0.121. The number of methoxy groups -OCH3 is 1. The number of hydrogen-bond acceptors (Lipinski definition) is 5. The fourth-order valence-electron chi connectivity index (χ4n) is 3.57. The Kier molecular flexibility index (Phi) is 6.04. The van der Waals surface area contributed by atoms with Crippen LogP contribution in [0.2, 0.25) is 0 Å². The first-order valence-corrected chi connectivity index (χ1v) is 10.1. The number of rotatable bonds is 7. The Labute approximate surface area is 181 Å². The van der Waals surface area contributed by atoms with Crippen molar-refractivity contribution in [3.63, 3.8) is 0 Å². The van der Waals surface area contributed by atoms with E-state index in [2.05, 4.69) is 11.4 Å². The van der Waals surface area contributed by atoms with Crippen LogP contribution in [0.4, 0.5) is 0 Å². The highest BCUT2D eigenvalue weighted by Gasteiger charge is 2.27. The standard InChI is InChI=1S/C25H22N2O4/c1-29-23-15-17(16-26)12-13-22(23)30-14-6-11-24(28)27-25-18-7-2-4-9-20(18)31-21-10-5-3-8-19(21)25/h2-5,7-10,12-13,15,25H,6,11,14H2,1H3,(H,27,28). The molecule has 0 spiro atoms. The molecule has 0 saturated carbocycles. The van der Waals surface area contributed by atoms with Crippen LogP contribution in [0.25, 0.3) is 0 Å². The van der Waals surface area contributed by atoms with Crippen LogP contribution in [0, 0.1) is 11.3 Å². The third kappa shape index (κ3) is 4.46. The number of nitriles is 1. The lowest BCUT2D eigenvalue weighted by Crippen LogP contribution is -2.31. The van der Waals surface area contributed by atoms with Gasteiger partial charge in [-0.25, -0.2) is 0 Å². The topological polar surface area (TPSA) is 80.6 Å². The average Bonchev–Trinajstić information content (AvgIpc) is 2.81. The van der Waals surface area contributed by atoms with Gasteiger partial charge in [0.25, 0.3) is 0 Å². The molecule has 0 aliphatic carbocycles. The summed E-state index contributed by atoms with van der Waals surface area (Å²) in [5, 5.41) is 12.1. The lowest BCUT2D eigenvalue weighted by atomic mass is 9.94. The Morgan fingerprint density at radius 1 is 1.03 bits per heavy atom. The van der Waals surface area contributed by atoms with E-state index in [9.17, 15) is 4.79 Å². The third-order valence-corrected chi connectivity index (χ3v) is 5.08. The molecule has 3 aromatic carbocycles. The number of benzene rings is 3. The van der Waals surface area contributed by atoms with Crippen LogP contribution in [-0.4, -0.2) is 19.6 Å². The van der Waals surface area contributed by atoms with E-state index in [1.807, 2.05) is 48.5 Å². The van der Waals surface area contributed by atoms with E-state index in [4.69, 9.17) is 19.5 Å². The molecule has 31 heavy (non-hydrogen) atoms. The minimum atomic E-state index is -0.256. The van der Waals surface area contributed by atoms with Gasteiger partial charge in [-0.2, -0.15) is 5.26 Å². The highest BCUT2D eigenvalue weighted by Crippen LogP contribution is 2.42. The molecule has 1 heterocycles. The summed E-state index contributed by atoms with van der Waals surface area (Å²) >= 11 is 0. The summed E-state index contributed by atoms with van der Waals surface area (Å²) in [7, 11) is 1.53. The van der Waals surface area contributed by atoms with Crippen LogP contribution >= 0.6 is 0 Å². The molecule has 0 atom stereocenters. The molecule has 1 aliphatic heterocycles. The second-order valence-electron chi connectivity index (χ2n) is 7.11. The van der Waals surface area contributed by atoms with Gasteiger partial charge in [0.15, 0.2) is 11.5 Å². The number of carbonyl (C=O) groups is 1. The van der Waals surface area contributed by atoms with Crippen LogP contribution in [0.15, 0.2) is 66.7 Å². The van der Waals surface area contributed by atoms with E-state index in [0.717, 1.165) is 22.6 Å². The second kappa shape index (κ2) is 9.23. The van der Waals surface area contributed by atoms with Crippen molar-refractivity contribution < 1.29 is 19.0 Å². The molecular formula is C25H22N2O4. The first-order valence-electron chi connectivity index (χ1n) is 10.1. The van der Waals surface area contributed by atoms with E-state index in [-0.39, 0.29) is 11.9 Å². The van der Waals surface area contributed by atoms with Gasteiger partial charge in [-0.05, 0) is 30.7 Å². The van der Waals surface area contributed by atoms with Gasteiger partial charge >= 0.3 is 0 Å². The monoisotopic (exact) mass is 414 g/mol. The zero-order valence-corrected chi connectivity index (χ0v) is 17.1. The van der Waals surface area contributed by atoms with Crippen molar-refractivity contribution in [1.29, 1.82) is 5.26 Å². The predicted molar refractivity (Wildman–Crippen MR) is 115 cm³/mol. The summed E-state index contributed by atoms with van der Waals surface area (Å²) in [6, 6.07) is 22.3. The van der Waals surface area contributed by atoms with Crippen molar-refractivity contribution in [3.8, 4) is 29.1 Å². The van der Waals surface area contributed by atoms with Gasteiger partial charge in [0.05, 0.1) is 31.4 Å². The first-order chi connectivity index (χ1) is 15.2. The molecule has 6 heteroatoms. The molecule has 0 fully saturated rings. The van der Waals surface area contributed by atoms with E-state index < -0.39 is 0 Å². The Morgan fingerprint density at radius 2 is 1.71 bits per heavy atom. The smallest absolute Gasteiger partial charge is 0.220 e. The number of para-hydroxylation sites is 2. The summed E-state index contributed by atoms with van der Waals surface area (Å²) in [6.45, 7) is 0.358. The van der Waals surface area contributed by atoms with Gasteiger partial charge in [0.1, 0.15) is 11.5 Å². The average molecular weight is 414 g/mol. The fourth-order valence-corrected chi connectivity index (χ4v) is 3.57. The normalized spacial score (nSPS) is 12.0. The Hall–Kier alpha value is -3.98. The molecule has 6 nitrogen and oxygen atoms in total. The van der Waals surface area contributed by atoms with Crippen molar-refractivity contribution in [2.24, 2.45) is 0 Å². The predicted octanol–water partition coefficient (Wildman–Crippen LogP) is 4.74. The molecule has 4 rings (SSSR count). The van der Waals surface area contributed by atoms with Gasteiger partial charge in [-0.1, -0.05) is 36.4 Å². The van der Waals surface area contributed by atoms with Crippen molar-refractivity contribution in [2.45, 2.75) is 18.9 Å². The molecule has 0 saturated heterocycles. The molecule has 0 unspecified atom stereocenters. The first kappa shape index (κ1) is 20.3. The number of amides is 1. The molecule has 1 aliphatic rings. The third-order valence-electron chi connectivity index (χ3n) is 5.08. The van der Waals surface area contributed by atoms with E-state index >= 15 is 0 Å². The van der Waals surface area contributed by atoms with Crippen molar-refractivity contribution in [3.05, 3.63) is 83.4 Å². The number of carbonyl (C=O) groups excluding carboxylic acids is 1. The fraction of sp³-hybridized carbons (Fsp3) is 0.200. The van der Waals surface area contributed by atoms with Gasteiger partial charge in [0.2, 0.25) is 5.91 Å². The number of nitrogens with zero attached hydrogens (tertiary/aromatic N) is 1. The molecule has 3 aromatic rings. The van der Waals surface area contributed by atoms with Crippen LogP contribution in [0.5, 0.6) is 23.0 Å². The summed E-state index contributed by atoms with van der Waals surface area (Å²) in [4.78, 5) is 12.7. The highest BCUT2D eigenvalue weighted by atomic mass is 16.5. The van der Waals surface area contributed by atoms with Crippen molar-refractivity contribution in [1.82, 2.24) is 5.32 Å².